The monoisotopic (exact) mass is 283 g/mol. The van der Waals surface area contributed by atoms with E-state index in [1.807, 2.05) is 57.2 Å². The van der Waals surface area contributed by atoms with Gasteiger partial charge in [-0.1, -0.05) is 18.2 Å². The van der Waals surface area contributed by atoms with Crippen LogP contribution in [0.4, 0.5) is 5.69 Å². The Morgan fingerprint density at radius 2 is 1.67 bits per heavy atom. The van der Waals surface area contributed by atoms with Crippen molar-refractivity contribution in [1.82, 2.24) is 0 Å². The summed E-state index contributed by atoms with van der Waals surface area (Å²) in [4.78, 5) is 12.2. The molecule has 0 spiro atoms. The van der Waals surface area contributed by atoms with Gasteiger partial charge in [-0.3, -0.25) is 4.79 Å². The molecule has 2 aromatic rings. The minimum atomic E-state index is -0.549. The molecule has 0 radical (unpaired) electrons. The molecule has 1 amide bonds. The Bertz CT molecular complexity index is 629. The molecule has 110 valence electrons. The third-order valence-corrected chi connectivity index (χ3v) is 3.16. The first-order valence-electron chi connectivity index (χ1n) is 7.06. The molecule has 1 N–H and O–H groups in total. The normalized spacial score (nSPS) is 11.8. The van der Waals surface area contributed by atoms with E-state index in [2.05, 4.69) is 11.4 Å². The van der Waals surface area contributed by atoms with Gasteiger partial charge in [0, 0.05) is 5.69 Å². The highest BCUT2D eigenvalue weighted by atomic mass is 16.5. The molecule has 1 atom stereocenters. The average molecular weight is 283 g/mol. The maximum Gasteiger partial charge on any atom is 0.265 e. The Balaban J connectivity index is 2.02. The minimum Gasteiger partial charge on any atom is -0.481 e. The quantitative estimate of drug-likeness (QED) is 0.920. The van der Waals surface area contributed by atoms with Crippen LogP contribution in [0.25, 0.3) is 0 Å². The summed E-state index contributed by atoms with van der Waals surface area (Å²) in [5.74, 6) is 0.569. The van der Waals surface area contributed by atoms with Crippen molar-refractivity contribution in [3.8, 4) is 5.75 Å². The Labute approximate surface area is 126 Å². The largest absolute Gasteiger partial charge is 0.481 e. The van der Waals surface area contributed by atoms with E-state index in [-0.39, 0.29) is 5.91 Å². The molecule has 0 fully saturated rings. The lowest BCUT2D eigenvalue weighted by molar-refractivity contribution is -0.122. The lowest BCUT2D eigenvalue weighted by Gasteiger charge is -2.16. The lowest BCUT2D eigenvalue weighted by atomic mass is 10.1. The molecular formula is C18H21NO2. The molecule has 0 saturated heterocycles. The van der Waals surface area contributed by atoms with Crippen molar-refractivity contribution in [2.75, 3.05) is 5.32 Å². The summed E-state index contributed by atoms with van der Waals surface area (Å²) in [5.41, 5.74) is 4.14. The van der Waals surface area contributed by atoms with E-state index in [0.29, 0.717) is 0 Å². The molecule has 0 saturated carbocycles. The second kappa shape index (κ2) is 6.44. The first-order valence-corrected chi connectivity index (χ1v) is 7.06. The molecule has 2 rings (SSSR count). The molecule has 1 unspecified atom stereocenters. The zero-order chi connectivity index (χ0) is 15.4. The summed E-state index contributed by atoms with van der Waals surface area (Å²) in [6, 6.07) is 13.7. The molecular weight excluding hydrogens is 262 g/mol. The molecule has 21 heavy (non-hydrogen) atoms. The van der Waals surface area contributed by atoms with Gasteiger partial charge in [-0.25, -0.2) is 0 Å². The van der Waals surface area contributed by atoms with Crippen LogP contribution < -0.4 is 10.1 Å². The summed E-state index contributed by atoms with van der Waals surface area (Å²) in [7, 11) is 0. The van der Waals surface area contributed by atoms with Crippen LogP contribution in [0.5, 0.6) is 5.75 Å². The van der Waals surface area contributed by atoms with Crippen LogP contribution in [0.3, 0.4) is 0 Å². The second-order valence-corrected chi connectivity index (χ2v) is 5.44. The van der Waals surface area contributed by atoms with Gasteiger partial charge < -0.3 is 10.1 Å². The van der Waals surface area contributed by atoms with E-state index in [4.69, 9.17) is 4.74 Å². The second-order valence-electron chi connectivity index (χ2n) is 5.44. The predicted octanol–water partition coefficient (Wildman–Crippen LogP) is 4.02. The van der Waals surface area contributed by atoms with Gasteiger partial charge in [-0.2, -0.15) is 0 Å². The molecule has 0 bridgehead atoms. The number of ether oxygens (including phenoxy) is 1. The lowest BCUT2D eigenvalue weighted by Crippen LogP contribution is -2.30. The Morgan fingerprint density at radius 1 is 1.00 bits per heavy atom. The van der Waals surface area contributed by atoms with E-state index in [1.54, 1.807) is 6.92 Å². The highest BCUT2D eigenvalue weighted by Crippen LogP contribution is 2.18. The highest BCUT2D eigenvalue weighted by molar-refractivity contribution is 5.94. The van der Waals surface area contributed by atoms with Gasteiger partial charge in [0.1, 0.15) is 5.75 Å². The number of rotatable bonds is 4. The van der Waals surface area contributed by atoms with Crippen LogP contribution in [0.15, 0.2) is 42.5 Å². The molecule has 2 aromatic carbocycles. The van der Waals surface area contributed by atoms with Gasteiger partial charge in [0.05, 0.1) is 0 Å². The maximum atomic E-state index is 12.2. The van der Waals surface area contributed by atoms with Crippen LogP contribution in [-0.4, -0.2) is 12.0 Å². The predicted molar refractivity (Wildman–Crippen MR) is 85.8 cm³/mol. The summed E-state index contributed by atoms with van der Waals surface area (Å²) >= 11 is 0. The number of aryl methyl sites for hydroxylation is 3. The number of hydrogen-bond acceptors (Lipinski definition) is 2. The number of hydrogen-bond donors (Lipinski definition) is 1. The van der Waals surface area contributed by atoms with Gasteiger partial charge in [0.2, 0.25) is 0 Å². The maximum absolute atomic E-state index is 12.2. The van der Waals surface area contributed by atoms with Crippen LogP contribution in [-0.2, 0) is 4.79 Å². The van der Waals surface area contributed by atoms with Crippen molar-refractivity contribution >= 4 is 11.6 Å². The number of carbonyl (C=O) groups is 1. The molecule has 0 aliphatic heterocycles. The first-order chi connectivity index (χ1) is 9.94. The molecule has 0 aliphatic carbocycles. The molecule has 0 aromatic heterocycles. The van der Waals surface area contributed by atoms with Crippen LogP contribution in [0.2, 0.25) is 0 Å². The molecule has 3 nitrogen and oxygen atoms in total. The Morgan fingerprint density at radius 3 is 2.29 bits per heavy atom. The average Bonchev–Trinajstić information content (AvgIpc) is 2.37. The summed E-state index contributed by atoms with van der Waals surface area (Å²) in [6.45, 7) is 7.77. The van der Waals surface area contributed by atoms with E-state index in [9.17, 15) is 4.79 Å². The summed E-state index contributed by atoms with van der Waals surface area (Å²) in [5, 5.41) is 2.87. The zero-order valence-electron chi connectivity index (χ0n) is 12.9. The number of anilines is 1. The van der Waals surface area contributed by atoms with Gasteiger partial charge in [0.15, 0.2) is 6.10 Å². The van der Waals surface area contributed by atoms with Gasteiger partial charge >= 0.3 is 0 Å². The van der Waals surface area contributed by atoms with Gasteiger partial charge in [0.25, 0.3) is 5.91 Å². The molecule has 0 heterocycles. The van der Waals surface area contributed by atoms with E-state index >= 15 is 0 Å². The van der Waals surface area contributed by atoms with Crippen molar-refractivity contribution < 1.29 is 9.53 Å². The zero-order valence-corrected chi connectivity index (χ0v) is 12.9. The SMILES string of the molecule is Cc1cccc(NC(=O)C(C)Oc2cc(C)cc(C)c2)c1. The van der Waals surface area contributed by atoms with Crippen molar-refractivity contribution in [1.29, 1.82) is 0 Å². The number of amides is 1. The first kappa shape index (κ1) is 15.1. The van der Waals surface area contributed by atoms with Crippen molar-refractivity contribution in [3.63, 3.8) is 0 Å². The topological polar surface area (TPSA) is 38.3 Å². The number of carbonyl (C=O) groups excluding carboxylic acids is 1. The third kappa shape index (κ3) is 4.35. The summed E-state index contributed by atoms with van der Waals surface area (Å²) in [6.07, 6.45) is -0.549. The van der Waals surface area contributed by atoms with Crippen molar-refractivity contribution in [3.05, 3.63) is 59.2 Å². The Hall–Kier alpha value is -2.29. The number of benzene rings is 2. The van der Waals surface area contributed by atoms with Crippen LogP contribution in [0.1, 0.15) is 23.6 Å². The summed E-state index contributed by atoms with van der Waals surface area (Å²) < 4.78 is 5.73. The van der Waals surface area contributed by atoms with Crippen molar-refractivity contribution in [2.24, 2.45) is 0 Å². The fourth-order valence-corrected chi connectivity index (χ4v) is 2.23. The standard InChI is InChI=1S/C18H21NO2/c1-12-6-5-7-16(9-12)19-18(20)15(4)21-17-10-13(2)8-14(3)11-17/h5-11,15H,1-4H3,(H,19,20). The van der Waals surface area contributed by atoms with Gasteiger partial charge in [-0.05, 0) is 68.7 Å². The highest BCUT2D eigenvalue weighted by Gasteiger charge is 2.15. The third-order valence-electron chi connectivity index (χ3n) is 3.16. The Kier molecular flexibility index (Phi) is 4.63. The van der Waals surface area contributed by atoms with Crippen LogP contribution >= 0.6 is 0 Å². The van der Waals surface area contributed by atoms with E-state index in [1.165, 1.54) is 0 Å². The fraction of sp³-hybridized carbons (Fsp3) is 0.278. The minimum absolute atomic E-state index is 0.153. The number of nitrogens with one attached hydrogen (secondary N) is 1. The fourth-order valence-electron chi connectivity index (χ4n) is 2.23. The molecule has 3 heteroatoms. The van der Waals surface area contributed by atoms with Crippen molar-refractivity contribution in [2.45, 2.75) is 33.8 Å². The van der Waals surface area contributed by atoms with Gasteiger partial charge in [-0.15, -0.1) is 0 Å². The smallest absolute Gasteiger partial charge is 0.265 e. The van der Waals surface area contributed by atoms with Crippen LogP contribution in [0, 0.1) is 20.8 Å². The molecule has 0 aliphatic rings. The van der Waals surface area contributed by atoms with E-state index in [0.717, 1.165) is 28.1 Å². The van der Waals surface area contributed by atoms with E-state index < -0.39 is 6.10 Å².